The fourth-order valence-corrected chi connectivity index (χ4v) is 1.92. The summed E-state index contributed by atoms with van der Waals surface area (Å²) < 4.78 is 4.96. The molecule has 19 heavy (non-hydrogen) atoms. The van der Waals surface area contributed by atoms with Gasteiger partial charge in [0.05, 0.1) is 5.92 Å². The van der Waals surface area contributed by atoms with Gasteiger partial charge in [-0.2, -0.15) is 0 Å². The Balaban J connectivity index is 1.75. The third-order valence-corrected chi connectivity index (χ3v) is 3.40. The van der Waals surface area contributed by atoms with E-state index >= 15 is 0 Å². The zero-order valence-electron chi connectivity index (χ0n) is 11.3. The summed E-state index contributed by atoms with van der Waals surface area (Å²) in [6.07, 6.45) is 1.84. The zero-order valence-corrected chi connectivity index (χ0v) is 11.3. The van der Waals surface area contributed by atoms with Crippen molar-refractivity contribution in [2.75, 3.05) is 11.9 Å². The van der Waals surface area contributed by atoms with Gasteiger partial charge < -0.3 is 10.1 Å². The molecule has 1 aromatic rings. The predicted molar refractivity (Wildman–Crippen MR) is 72.7 cm³/mol. The van der Waals surface area contributed by atoms with Crippen LogP contribution in [0.2, 0.25) is 0 Å². The first-order chi connectivity index (χ1) is 9.10. The minimum atomic E-state index is -0.300. The van der Waals surface area contributed by atoms with E-state index in [0.717, 1.165) is 18.5 Å². The molecule has 2 rings (SSSR count). The normalized spacial score (nSPS) is 20.7. The highest BCUT2D eigenvalue weighted by Crippen LogP contribution is 2.38. The first-order valence-electron chi connectivity index (χ1n) is 6.65. The Kier molecular flexibility index (Phi) is 4.20. The highest BCUT2D eigenvalue weighted by atomic mass is 16.5. The molecule has 0 aliphatic heterocycles. The Bertz CT molecular complexity index is 467. The third-order valence-electron chi connectivity index (χ3n) is 3.40. The molecule has 1 aliphatic carbocycles. The molecule has 2 atom stereocenters. The minimum absolute atomic E-state index is 0.00311. The van der Waals surface area contributed by atoms with E-state index in [1.165, 1.54) is 5.56 Å². The number of amides is 1. The van der Waals surface area contributed by atoms with Gasteiger partial charge in [0, 0.05) is 5.69 Å². The summed E-state index contributed by atoms with van der Waals surface area (Å²) in [4.78, 5) is 23.1. The Morgan fingerprint density at radius 1 is 1.32 bits per heavy atom. The lowest BCUT2D eigenvalue weighted by molar-refractivity contribution is -0.148. The van der Waals surface area contributed by atoms with Gasteiger partial charge in [-0.25, -0.2) is 0 Å². The van der Waals surface area contributed by atoms with E-state index in [-0.39, 0.29) is 24.4 Å². The Morgan fingerprint density at radius 2 is 1.95 bits per heavy atom. The van der Waals surface area contributed by atoms with Crippen LogP contribution in [0.3, 0.4) is 0 Å². The van der Waals surface area contributed by atoms with Crippen molar-refractivity contribution < 1.29 is 14.3 Å². The molecule has 1 aliphatic rings. The number of esters is 1. The molecule has 0 unspecified atom stereocenters. The zero-order chi connectivity index (χ0) is 13.8. The van der Waals surface area contributed by atoms with Gasteiger partial charge >= 0.3 is 5.97 Å². The molecule has 1 fully saturated rings. The lowest BCUT2D eigenvalue weighted by atomic mass is 10.1. The van der Waals surface area contributed by atoms with Gasteiger partial charge in [0.1, 0.15) is 0 Å². The van der Waals surface area contributed by atoms with Crippen LogP contribution < -0.4 is 5.32 Å². The lowest BCUT2D eigenvalue weighted by Crippen LogP contribution is -2.21. The van der Waals surface area contributed by atoms with Crippen LogP contribution in [-0.2, 0) is 20.7 Å². The molecule has 0 spiro atoms. The van der Waals surface area contributed by atoms with E-state index in [2.05, 4.69) is 12.2 Å². The average Bonchev–Trinajstić information content (AvgIpc) is 3.14. The van der Waals surface area contributed by atoms with Crippen LogP contribution >= 0.6 is 0 Å². The van der Waals surface area contributed by atoms with E-state index in [0.29, 0.717) is 5.92 Å². The van der Waals surface area contributed by atoms with Crippen molar-refractivity contribution in [3.63, 3.8) is 0 Å². The largest absolute Gasteiger partial charge is 0.455 e. The van der Waals surface area contributed by atoms with Crippen LogP contribution in [0, 0.1) is 11.8 Å². The molecule has 1 saturated carbocycles. The van der Waals surface area contributed by atoms with E-state index in [1.54, 1.807) is 0 Å². The predicted octanol–water partition coefficient (Wildman–Crippen LogP) is 2.39. The molecule has 102 valence electrons. The topological polar surface area (TPSA) is 55.4 Å². The van der Waals surface area contributed by atoms with Crippen molar-refractivity contribution in [2.24, 2.45) is 11.8 Å². The second-order valence-electron chi connectivity index (χ2n) is 5.03. The Morgan fingerprint density at radius 3 is 2.47 bits per heavy atom. The van der Waals surface area contributed by atoms with E-state index in [1.807, 2.05) is 31.2 Å². The molecule has 4 heteroatoms. The third kappa shape index (κ3) is 3.81. The maximum atomic E-state index is 11.6. The van der Waals surface area contributed by atoms with Crippen LogP contribution in [0.5, 0.6) is 0 Å². The quantitative estimate of drug-likeness (QED) is 0.828. The summed E-state index contributed by atoms with van der Waals surface area (Å²) in [7, 11) is 0. The van der Waals surface area contributed by atoms with Gasteiger partial charge in [-0.05, 0) is 36.5 Å². The monoisotopic (exact) mass is 261 g/mol. The summed E-state index contributed by atoms with van der Waals surface area (Å²) in [5, 5.41) is 2.70. The van der Waals surface area contributed by atoms with Gasteiger partial charge in [-0.3, -0.25) is 9.59 Å². The maximum absolute atomic E-state index is 11.6. The van der Waals surface area contributed by atoms with Crippen LogP contribution in [0.25, 0.3) is 0 Å². The average molecular weight is 261 g/mol. The van der Waals surface area contributed by atoms with E-state index in [9.17, 15) is 9.59 Å². The number of carbonyl (C=O) groups excluding carboxylic acids is 2. The van der Waals surface area contributed by atoms with Crippen LogP contribution in [0.15, 0.2) is 24.3 Å². The van der Waals surface area contributed by atoms with Gasteiger partial charge in [0.2, 0.25) is 0 Å². The van der Waals surface area contributed by atoms with Crippen molar-refractivity contribution in [2.45, 2.75) is 26.7 Å². The number of rotatable bonds is 5. The van der Waals surface area contributed by atoms with Crippen molar-refractivity contribution in [1.82, 2.24) is 0 Å². The summed E-state index contributed by atoms with van der Waals surface area (Å²) in [5.74, 6) is -0.163. The molecule has 0 heterocycles. The maximum Gasteiger partial charge on any atom is 0.309 e. The number of nitrogens with one attached hydrogen (secondary N) is 1. The molecule has 1 aromatic carbocycles. The molecule has 0 radical (unpaired) electrons. The number of benzene rings is 1. The fraction of sp³-hybridized carbons (Fsp3) is 0.467. The summed E-state index contributed by atoms with van der Waals surface area (Å²) in [6, 6.07) is 7.63. The Labute approximate surface area is 113 Å². The van der Waals surface area contributed by atoms with Gasteiger partial charge in [-0.1, -0.05) is 26.0 Å². The van der Waals surface area contributed by atoms with Crippen LogP contribution in [0.4, 0.5) is 5.69 Å². The fourth-order valence-electron chi connectivity index (χ4n) is 1.92. The first kappa shape index (κ1) is 13.6. The summed E-state index contributed by atoms with van der Waals surface area (Å²) in [6.45, 7) is 3.87. The standard InChI is InChI=1S/C15H19NO3/c1-3-11-4-6-12(7-5-11)16-14(17)9-19-15(18)13-8-10(13)2/h4-7,10,13H,3,8-9H2,1-2H3,(H,16,17)/t10-,13-/m0/s1. The lowest BCUT2D eigenvalue weighted by Gasteiger charge is -2.07. The molecule has 0 aromatic heterocycles. The van der Waals surface area contributed by atoms with Gasteiger partial charge in [0.25, 0.3) is 5.91 Å². The number of ether oxygens (including phenoxy) is 1. The minimum Gasteiger partial charge on any atom is -0.455 e. The Hall–Kier alpha value is -1.84. The molecule has 1 N–H and O–H groups in total. The van der Waals surface area contributed by atoms with Crippen molar-refractivity contribution in [3.05, 3.63) is 29.8 Å². The molecule has 0 bridgehead atoms. The van der Waals surface area contributed by atoms with Gasteiger partial charge in [-0.15, -0.1) is 0 Å². The molecule has 0 saturated heterocycles. The van der Waals surface area contributed by atoms with Crippen LogP contribution in [0.1, 0.15) is 25.8 Å². The van der Waals surface area contributed by atoms with E-state index < -0.39 is 0 Å². The number of aryl methyl sites for hydroxylation is 1. The smallest absolute Gasteiger partial charge is 0.309 e. The molecular formula is C15H19NO3. The molecule has 1 amide bonds. The second-order valence-corrected chi connectivity index (χ2v) is 5.03. The van der Waals surface area contributed by atoms with Crippen molar-refractivity contribution in [3.8, 4) is 0 Å². The van der Waals surface area contributed by atoms with Gasteiger partial charge in [0.15, 0.2) is 6.61 Å². The summed E-state index contributed by atoms with van der Waals surface area (Å²) in [5.41, 5.74) is 1.94. The number of hydrogen-bond donors (Lipinski definition) is 1. The van der Waals surface area contributed by atoms with Crippen LogP contribution in [-0.4, -0.2) is 18.5 Å². The van der Waals surface area contributed by atoms with Crippen molar-refractivity contribution >= 4 is 17.6 Å². The molecule has 4 nitrogen and oxygen atoms in total. The SMILES string of the molecule is CCc1ccc(NC(=O)COC(=O)[C@H]2C[C@@H]2C)cc1. The number of hydrogen-bond acceptors (Lipinski definition) is 3. The van der Waals surface area contributed by atoms with E-state index in [4.69, 9.17) is 4.74 Å². The number of anilines is 1. The summed E-state index contributed by atoms with van der Waals surface area (Å²) >= 11 is 0. The first-order valence-corrected chi connectivity index (χ1v) is 6.65. The second kappa shape index (κ2) is 5.87. The molecular weight excluding hydrogens is 242 g/mol. The highest BCUT2D eigenvalue weighted by Gasteiger charge is 2.40. The highest BCUT2D eigenvalue weighted by molar-refractivity contribution is 5.93. The van der Waals surface area contributed by atoms with Crippen molar-refractivity contribution in [1.29, 1.82) is 0 Å². The number of carbonyl (C=O) groups is 2.